The van der Waals surface area contributed by atoms with Crippen molar-refractivity contribution in [3.8, 4) is 11.5 Å². The van der Waals surface area contributed by atoms with Gasteiger partial charge in [-0.15, -0.1) is 0 Å². The highest BCUT2D eigenvalue weighted by molar-refractivity contribution is 5.94. The van der Waals surface area contributed by atoms with Crippen molar-refractivity contribution in [1.29, 1.82) is 0 Å². The minimum atomic E-state index is -0.779. The van der Waals surface area contributed by atoms with Crippen LogP contribution in [0.5, 0.6) is 11.5 Å². The van der Waals surface area contributed by atoms with Gasteiger partial charge in [-0.05, 0) is 54.7 Å². The molecule has 9 heteroatoms. The third-order valence-corrected chi connectivity index (χ3v) is 4.96. The lowest BCUT2D eigenvalue weighted by Gasteiger charge is -2.15. The first-order valence-electron chi connectivity index (χ1n) is 10.6. The van der Waals surface area contributed by atoms with Crippen molar-refractivity contribution in [2.45, 2.75) is 38.3 Å². The number of hydroxylamine groups is 1. The van der Waals surface area contributed by atoms with Gasteiger partial charge < -0.3 is 25.6 Å². The fraction of sp³-hybridized carbons (Fsp3) is 0.333. The average molecular weight is 458 g/mol. The summed E-state index contributed by atoms with van der Waals surface area (Å²) in [4.78, 5) is 23.8. The van der Waals surface area contributed by atoms with Gasteiger partial charge in [0.15, 0.2) is 0 Å². The highest BCUT2D eigenvalue weighted by Crippen LogP contribution is 2.26. The van der Waals surface area contributed by atoms with E-state index in [4.69, 9.17) is 25.5 Å². The SMILES string of the molecule is C=C(C(=O)NO)C(N)CCC(=O)Nc1ccccc1OCc1cc(CCCO)cc(OC)c1. The lowest BCUT2D eigenvalue weighted by atomic mass is 10.0. The molecule has 0 saturated heterocycles. The number of aliphatic hydroxyl groups excluding tert-OH is 1. The van der Waals surface area contributed by atoms with Crippen LogP contribution in [0.4, 0.5) is 5.69 Å². The Morgan fingerprint density at radius 3 is 2.61 bits per heavy atom. The number of methoxy groups -OCH3 is 1. The zero-order valence-electron chi connectivity index (χ0n) is 18.7. The highest BCUT2D eigenvalue weighted by atomic mass is 16.5. The number of hydrogen-bond acceptors (Lipinski definition) is 7. The molecular weight excluding hydrogens is 426 g/mol. The summed E-state index contributed by atoms with van der Waals surface area (Å²) in [6, 6.07) is 12.1. The van der Waals surface area contributed by atoms with Crippen LogP contribution in [-0.2, 0) is 22.6 Å². The number of benzene rings is 2. The summed E-state index contributed by atoms with van der Waals surface area (Å²) in [6.07, 6.45) is 1.62. The number of carbonyl (C=O) groups excluding carboxylic acids is 2. The fourth-order valence-electron chi connectivity index (χ4n) is 3.13. The van der Waals surface area contributed by atoms with Crippen molar-refractivity contribution >= 4 is 17.5 Å². The van der Waals surface area contributed by atoms with Gasteiger partial charge >= 0.3 is 0 Å². The standard InChI is InChI=1S/C24H31N3O6/c1-16(24(30)27-31)20(25)9-10-23(29)26-21-7-3-4-8-22(21)33-15-18-12-17(6-5-11-28)13-19(14-18)32-2/h3-4,7-8,12-14,20,28,31H,1,5-6,9-11,15,25H2,2H3,(H,26,29)(H,27,30). The topological polar surface area (TPSA) is 143 Å². The lowest BCUT2D eigenvalue weighted by molar-refractivity contribution is -0.125. The summed E-state index contributed by atoms with van der Waals surface area (Å²) in [5.74, 6) is 0.127. The van der Waals surface area contributed by atoms with E-state index in [9.17, 15) is 9.59 Å². The monoisotopic (exact) mass is 457 g/mol. The molecule has 2 aromatic rings. The summed E-state index contributed by atoms with van der Waals surface area (Å²) in [5, 5.41) is 20.5. The molecule has 0 aliphatic heterocycles. The number of aryl methyl sites for hydroxylation is 1. The maximum Gasteiger partial charge on any atom is 0.271 e. The summed E-state index contributed by atoms with van der Waals surface area (Å²) < 4.78 is 11.3. The van der Waals surface area contributed by atoms with E-state index in [1.165, 1.54) is 5.48 Å². The van der Waals surface area contributed by atoms with E-state index in [1.807, 2.05) is 18.2 Å². The van der Waals surface area contributed by atoms with Crippen LogP contribution >= 0.6 is 0 Å². The van der Waals surface area contributed by atoms with E-state index in [1.54, 1.807) is 31.4 Å². The van der Waals surface area contributed by atoms with Gasteiger partial charge in [-0.1, -0.05) is 24.8 Å². The lowest BCUT2D eigenvalue weighted by Crippen LogP contribution is -2.33. The largest absolute Gasteiger partial charge is 0.497 e. The number of ether oxygens (including phenoxy) is 2. The van der Waals surface area contributed by atoms with Crippen LogP contribution in [0.1, 0.15) is 30.4 Å². The van der Waals surface area contributed by atoms with Gasteiger partial charge in [0.05, 0.1) is 12.8 Å². The van der Waals surface area contributed by atoms with E-state index in [0.29, 0.717) is 23.6 Å². The molecule has 2 rings (SSSR count). The van der Waals surface area contributed by atoms with E-state index in [0.717, 1.165) is 17.5 Å². The van der Waals surface area contributed by atoms with Gasteiger partial charge in [-0.25, -0.2) is 5.48 Å². The van der Waals surface area contributed by atoms with E-state index in [2.05, 4.69) is 11.9 Å². The van der Waals surface area contributed by atoms with E-state index < -0.39 is 11.9 Å². The Bertz CT molecular complexity index is 963. The smallest absolute Gasteiger partial charge is 0.271 e. The summed E-state index contributed by atoms with van der Waals surface area (Å²) in [5.41, 5.74) is 9.75. The second kappa shape index (κ2) is 13.2. The molecule has 6 N–H and O–H groups in total. The second-order valence-corrected chi connectivity index (χ2v) is 7.46. The molecule has 0 aromatic heterocycles. The predicted molar refractivity (Wildman–Crippen MR) is 124 cm³/mol. The summed E-state index contributed by atoms with van der Waals surface area (Å²) in [7, 11) is 1.60. The molecule has 178 valence electrons. The third kappa shape index (κ3) is 8.23. The van der Waals surface area contributed by atoms with Crippen molar-refractivity contribution in [3.05, 3.63) is 65.7 Å². The number of rotatable bonds is 13. The maximum absolute atomic E-state index is 12.4. The average Bonchev–Trinajstić information content (AvgIpc) is 2.84. The number of nitrogens with two attached hydrogens (primary N) is 1. The number of nitrogens with one attached hydrogen (secondary N) is 2. The number of para-hydroxylation sites is 2. The molecule has 33 heavy (non-hydrogen) atoms. The van der Waals surface area contributed by atoms with Crippen molar-refractivity contribution in [1.82, 2.24) is 5.48 Å². The van der Waals surface area contributed by atoms with Crippen molar-refractivity contribution in [2.75, 3.05) is 19.0 Å². The van der Waals surface area contributed by atoms with Crippen molar-refractivity contribution in [2.24, 2.45) is 5.73 Å². The zero-order chi connectivity index (χ0) is 24.2. The fourth-order valence-corrected chi connectivity index (χ4v) is 3.13. The molecule has 0 aliphatic rings. The minimum Gasteiger partial charge on any atom is -0.497 e. The number of hydrogen-bond donors (Lipinski definition) is 5. The third-order valence-electron chi connectivity index (χ3n) is 4.96. The van der Waals surface area contributed by atoms with Crippen LogP contribution in [0.15, 0.2) is 54.6 Å². The molecule has 0 aliphatic carbocycles. The Kier molecular flexibility index (Phi) is 10.4. The van der Waals surface area contributed by atoms with Crippen LogP contribution in [0.25, 0.3) is 0 Å². The first-order chi connectivity index (χ1) is 15.9. The Labute approximate surface area is 193 Å². The molecule has 0 spiro atoms. The van der Waals surface area contributed by atoms with Crippen molar-refractivity contribution in [3.63, 3.8) is 0 Å². The van der Waals surface area contributed by atoms with Gasteiger partial charge in [0.2, 0.25) is 5.91 Å². The van der Waals surface area contributed by atoms with Crippen LogP contribution < -0.4 is 26.0 Å². The number of aliphatic hydroxyl groups is 1. The first-order valence-corrected chi connectivity index (χ1v) is 10.6. The van der Waals surface area contributed by atoms with Gasteiger partial charge in [0, 0.05) is 24.6 Å². The molecule has 0 heterocycles. The Morgan fingerprint density at radius 1 is 1.18 bits per heavy atom. The molecule has 0 bridgehead atoms. The number of anilines is 1. The molecular formula is C24H31N3O6. The molecule has 2 aromatic carbocycles. The quantitative estimate of drug-likeness (QED) is 0.176. The highest BCUT2D eigenvalue weighted by Gasteiger charge is 2.16. The van der Waals surface area contributed by atoms with Crippen molar-refractivity contribution < 1.29 is 29.4 Å². The molecule has 0 saturated carbocycles. The van der Waals surface area contributed by atoms with Gasteiger partial charge in [-0.3, -0.25) is 14.8 Å². The minimum absolute atomic E-state index is 0.00863. The molecule has 9 nitrogen and oxygen atoms in total. The Hall–Kier alpha value is -3.40. The van der Waals surface area contributed by atoms with Crippen LogP contribution in [0, 0.1) is 0 Å². The maximum atomic E-state index is 12.4. The van der Waals surface area contributed by atoms with Gasteiger partial charge in [-0.2, -0.15) is 0 Å². The summed E-state index contributed by atoms with van der Waals surface area (Å²) in [6.45, 7) is 3.90. The predicted octanol–water partition coefficient (Wildman–Crippen LogP) is 2.31. The van der Waals surface area contributed by atoms with Gasteiger partial charge in [0.1, 0.15) is 18.1 Å². The molecule has 1 atom stereocenters. The van der Waals surface area contributed by atoms with Crippen LogP contribution in [0.3, 0.4) is 0 Å². The second-order valence-electron chi connectivity index (χ2n) is 7.46. The van der Waals surface area contributed by atoms with Crippen LogP contribution in [0.2, 0.25) is 0 Å². The number of carbonyl (C=O) groups is 2. The normalized spacial score (nSPS) is 11.4. The van der Waals surface area contributed by atoms with Gasteiger partial charge in [0.25, 0.3) is 5.91 Å². The first kappa shape index (κ1) is 25.9. The molecule has 2 amide bonds. The Morgan fingerprint density at radius 2 is 1.91 bits per heavy atom. The number of amides is 2. The molecule has 0 fully saturated rings. The molecule has 0 radical (unpaired) electrons. The summed E-state index contributed by atoms with van der Waals surface area (Å²) >= 11 is 0. The Balaban J connectivity index is 1.99. The van der Waals surface area contributed by atoms with E-state index in [-0.39, 0.29) is 37.5 Å². The van der Waals surface area contributed by atoms with Crippen LogP contribution in [-0.4, -0.2) is 41.9 Å². The zero-order valence-corrected chi connectivity index (χ0v) is 18.7. The van der Waals surface area contributed by atoms with E-state index >= 15 is 0 Å². The molecule has 1 unspecified atom stereocenters.